The molecule has 0 bridgehead atoms. The average molecular weight is 293 g/mol. The summed E-state index contributed by atoms with van der Waals surface area (Å²) in [6.07, 6.45) is 0. The van der Waals surface area contributed by atoms with Crippen molar-refractivity contribution in [1.82, 2.24) is 0 Å². The molecule has 2 atom stereocenters. The third kappa shape index (κ3) is 5.42. The summed E-state index contributed by atoms with van der Waals surface area (Å²) in [6.45, 7) is 15.4. The smallest absolute Gasteiger partial charge is 0.352 e. The van der Waals surface area contributed by atoms with Crippen LogP contribution in [0.1, 0.15) is 0 Å². The molecule has 0 heterocycles. The van der Waals surface area contributed by atoms with Gasteiger partial charge in [-0.15, -0.1) is 13.2 Å². The molecule has 4 nitrogen and oxygen atoms in total. The summed E-state index contributed by atoms with van der Waals surface area (Å²) in [5.74, 6) is 0. The Kier molecular flexibility index (Phi) is 6.22. The van der Waals surface area contributed by atoms with Gasteiger partial charge in [0, 0.05) is 14.2 Å². The third-order valence-corrected chi connectivity index (χ3v) is 12.7. The van der Waals surface area contributed by atoms with Gasteiger partial charge in [0.1, 0.15) is 0 Å². The van der Waals surface area contributed by atoms with Crippen LogP contribution in [0.25, 0.3) is 0 Å². The molecule has 0 aliphatic heterocycles. The molecule has 0 spiro atoms. The van der Waals surface area contributed by atoms with Crippen LogP contribution in [0, 0.1) is 0 Å². The lowest BCUT2D eigenvalue weighted by molar-refractivity contribution is 0.254. The van der Waals surface area contributed by atoms with Crippen molar-refractivity contribution < 1.29 is 17.1 Å². The summed E-state index contributed by atoms with van der Waals surface area (Å²) in [7, 11) is -3.70. The summed E-state index contributed by atoms with van der Waals surface area (Å²) < 4.78 is 22.9. The van der Waals surface area contributed by atoms with Crippen LogP contribution in [0.5, 0.6) is 0 Å². The van der Waals surface area contributed by atoms with Gasteiger partial charge in [-0.05, 0) is 26.2 Å². The van der Waals surface area contributed by atoms with Crippen molar-refractivity contribution >= 4 is 25.7 Å². The van der Waals surface area contributed by atoms with Crippen molar-refractivity contribution in [2.24, 2.45) is 0 Å². The molecule has 0 N–H and O–H groups in total. The van der Waals surface area contributed by atoms with E-state index in [1.807, 2.05) is 26.2 Å². The minimum Gasteiger partial charge on any atom is -0.412 e. The largest absolute Gasteiger partial charge is 0.412 e. The van der Waals surface area contributed by atoms with Crippen LogP contribution in [-0.4, -0.2) is 39.9 Å². The second-order valence-electron chi connectivity index (χ2n) is 4.45. The zero-order valence-electron chi connectivity index (χ0n) is 11.7. The molecule has 0 radical (unpaired) electrons. The first-order valence-corrected chi connectivity index (χ1v) is 13.0. The van der Waals surface area contributed by atoms with Crippen LogP contribution in [0.2, 0.25) is 26.2 Å². The highest BCUT2D eigenvalue weighted by molar-refractivity contribution is 6.87. The predicted octanol–water partition coefficient (Wildman–Crippen LogP) is 2.61. The van der Waals surface area contributed by atoms with E-state index < -0.39 is 25.7 Å². The van der Waals surface area contributed by atoms with Gasteiger partial charge in [0.25, 0.3) is 0 Å². The summed E-state index contributed by atoms with van der Waals surface area (Å²) >= 11 is 0. The van der Waals surface area contributed by atoms with Crippen LogP contribution < -0.4 is 0 Å². The fourth-order valence-electron chi connectivity index (χ4n) is 1.33. The van der Waals surface area contributed by atoms with Crippen LogP contribution >= 0.6 is 0 Å². The maximum Gasteiger partial charge on any atom is 0.352 e. The Morgan fingerprint density at radius 3 is 1.24 bits per heavy atom. The Morgan fingerprint density at radius 2 is 1.06 bits per heavy atom. The molecule has 0 saturated carbocycles. The van der Waals surface area contributed by atoms with Crippen LogP contribution in [0.3, 0.4) is 0 Å². The van der Waals surface area contributed by atoms with E-state index in [2.05, 4.69) is 13.2 Å². The predicted molar refractivity (Wildman–Crippen MR) is 77.3 cm³/mol. The van der Waals surface area contributed by atoms with Gasteiger partial charge in [-0.1, -0.05) is 11.4 Å². The summed E-state index contributed by atoms with van der Waals surface area (Å²) in [4.78, 5) is 0. The molecule has 0 aliphatic rings. The SMILES string of the molecule is C=C[Si](C)(OC)O[Si](C)(C)O[Si](C)(C=C)OC. The van der Waals surface area contributed by atoms with Crippen molar-refractivity contribution in [1.29, 1.82) is 0 Å². The van der Waals surface area contributed by atoms with Crippen molar-refractivity contribution in [2.75, 3.05) is 14.2 Å². The van der Waals surface area contributed by atoms with Gasteiger partial charge >= 0.3 is 25.7 Å². The molecule has 0 aromatic heterocycles. The van der Waals surface area contributed by atoms with E-state index in [1.165, 1.54) is 0 Å². The molecular formula is C10H24O4Si3. The molecule has 17 heavy (non-hydrogen) atoms. The highest BCUT2D eigenvalue weighted by Crippen LogP contribution is 2.22. The molecule has 2 unspecified atom stereocenters. The van der Waals surface area contributed by atoms with Crippen LogP contribution in [0.4, 0.5) is 0 Å². The summed E-state index contributed by atoms with van der Waals surface area (Å²) in [6, 6.07) is 0. The lowest BCUT2D eigenvalue weighted by Gasteiger charge is -2.36. The topological polar surface area (TPSA) is 36.9 Å². The van der Waals surface area contributed by atoms with Gasteiger partial charge in [-0.3, -0.25) is 0 Å². The summed E-state index contributed by atoms with van der Waals surface area (Å²) in [5, 5.41) is 0. The average Bonchev–Trinajstić information content (AvgIpc) is 2.27. The molecule has 0 aliphatic carbocycles. The Labute approximate surface area is 108 Å². The first kappa shape index (κ1) is 17.0. The molecule has 0 amide bonds. The molecular weight excluding hydrogens is 268 g/mol. The van der Waals surface area contributed by atoms with E-state index >= 15 is 0 Å². The summed E-state index contributed by atoms with van der Waals surface area (Å²) in [5.41, 5.74) is 3.51. The lowest BCUT2D eigenvalue weighted by Crippen LogP contribution is -2.54. The monoisotopic (exact) mass is 292 g/mol. The highest BCUT2D eigenvalue weighted by Gasteiger charge is 2.42. The Balaban J connectivity index is 4.79. The van der Waals surface area contributed by atoms with Gasteiger partial charge in [0.2, 0.25) is 0 Å². The molecule has 0 aromatic carbocycles. The quantitative estimate of drug-likeness (QED) is 0.644. The van der Waals surface area contributed by atoms with Crippen LogP contribution in [0.15, 0.2) is 24.6 Å². The molecule has 100 valence electrons. The first-order chi connectivity index (χ1) is 7.66. The Morgan fingerprint density at radius 1 is 0.765 bits per heavy atom. The normalized spacial score (nSPS) is 19.2. The van der Waals surface area contributed by atoms with Crippen molar-refractivity contribution in [3.8, 4) is 0 Å². The molecule has 0 aromatic rings. The van der Waals surface area contributed by atoms with Crippen molar-refractivity contribution in [2.45, 2.75) is 26.2 Å². The lowest BCUT2D eigenvalue weighted by atomic mass is 11.3. The fraction of sp³-hybridized carbons (Fsp3) is 0.600. The Hall–Kier alpha value is -0.0294. The minimum atomic E-state index is -2.33. The van der Waals surface area contributed by atoms with E-state index in [4.69, 9.17) is 17.1 Å². The third-order valence-electron chi connectivity index (χ3n) is 2.45. The van der Waals surface area contributed by atoms with Gasteiger partial charge < -0.3 is 17.1 Å². The number of hydrogen-bond acceptors (Lipinski definition) is 4. The zero-order chi connectivity index (χ0) is 13.7. The Bertz CT molecular complexity index is 259. The molecule has 0 saturated heterocycles. The maximum absolute atomic E-state index is 6.05. The number of hydrogen-bond donors (Lipinski definition) is 0. The van der Waals surface area contributed by atoms with Gasteiger partial charge in [-0.25, -0.2) is 0 Å². The fourth-order valence-corrected chi connectivity index (χ4v) is 11.3. The zero-order valence-corrected chi connectivity index (χ0v) is 14.7. The molecule has 0 fully saturated rings. The molecule has 7 heteroatoms. The maximum atomic E-state index is 6.05. The van der Waals surface area contributed by atoms with E-state index in [0.717, 1.165) is 0 Å². The standard InChI is InChI=1S/C10H24O4Si3/c1-9-16(7,11-3)13-15(5,6)14-17(8,10-2)12-4/h9-10H,1-2H2,3-8H3. The second-order valence-corrected chi connectivity index (χ2v) is 14.6. The van der Waals surface area contributed by atoms with Crippen molar-refractivity contribution in [3.05, 3.63) is 24.6 Å². The van der Waals surface area contributed by atoms with Gasteiger partial charge in [0.15, 0.2) is 0 Å². The highest BCUT2D eigenvalue weighted by atomic mass is 28.5. The van der Waals surface area contributed by atoms with Gasteiger partial charge in [0.05, 0.1) is 0 Å². The first-order valence-electron chi connectivity index (χ1n) is 5.44. The van der Waals surface area contributed by atoms with E-state index in [9.17, 15) is 0 Å². The van der Waals surface area contributed by atoms with E-state index in [-0.39, 0.29) is 0 Å². The van der Waals surface area contributed by atoms with Crippen molar-refractivity contribution in [3.63, 3.8) is 0 Å². The van der Waals surface area contributed by atoms with Crippen LogP contribution in [-0.2, 0) is 17.1 Å². The molecule has 0 rings (SSSR count). The van der Waals surface area contributed by atoms with Gasteiger partial charge in [-0.2, -0.15) is 0 Å². The van der Waals surface area contributed by atoms with E-state index in [1.54, 1.807) is 25.6 Å². The minimum absolute atomic E-state index is 1.64. The van der Waals surface area contributed by atoms with E-state index in [0.29, 0.717) is 0 Å². The second kappa shape index (κ2) is 6.23. The number of rotatable bonds is 8.